The number of rotatable bonds is 3. The molecule has 1 fully saturated rings. The summed E-state index contributed by atoms with van der Waals surface area (Å²) in [5.74, 6) is 0.696. The molecule has 0 aliphatic carbocycles. The number of furan rings is 1. The van der Waals surface area contributed by atoms with Crippen LogP contribution in [0.2, 0.25) is 0 Å². The molecule has 30 heavy (non-hydrogen) atoms. The second kappa shape index (κ2) is 7.38. The minimum absolute atomic E-state index is 0.135. The minimum atomic E-state index is -0.354. The van der Waals surface area contributed by atoms with Gasteiger partial charge in [-0.1, -0.05) is 12.1 Å². The van der Waals surface area contributed by atoms with E-state index < -0.39 is 0 Å². The minimum Gasteiger partial charge on any atom is -0.454 e. The van der Waals surface area contributed by atoms with E-state index in [0.29, 0.717) is 46.8 Å². The molecule has 3 heterocycles. The summed E-state index contributed by atoms with van der Waals surface area (Å²) in [6.45, 7) is 2.95. The van der Waals surface area contributed by atoms with Gasteiger partial charge in [-0.05, 0) is 37.4 Å². The molecule has 1 N–H and O–H groups in total. The molecule has 0 unspecified atom stereocenters. The average Bonchev–Trinajstić information content (AvgIpc) is 3.38. The molecule has 154 valence electrons. The molecule has 2 amide bonds. The van der Waals surface area contributed by atoms with Crippen LogP contribution in [-0.4, -0.2) is 61.6 Å². The zero-order valence-electron chi connectivity index (χ0n) is 16.5. The molecule has 0 bridgehead atoms. The van der Waals surface area contributed by atoms with Crippen LogP contribution in [0.15, 0.2) is 46.9 Å². The highest BCUT2D eigenvalue weighted by atomic mass is 16.7. The number of likely N-dealkylation sites (N-methyl/N-ethyl adjacent to an activating group) is 1. The molecule has 2 aliphatic heterocycles. The van der Waals surface area contributed by atoms with Gasteiger partial charge in [0.05, 0.1) is 0 Å². The molecule has 0 atom stereocenters. The largest absolute Gasteiger partial charge is 0.454 e. The number of para-hydroxylation sites is 1. The van der Waals surface area contributed by atoms with Crippen molar-refractivity contribution < 1.29 is 23.5 Å². The molecule has 2 aliphatic rings. The number of carbonyl (C=O) groups is 2. The number of fused-ring (bicyclic) bond motifs is 2. The summed E-state index contributed by atoms with van der Waals surface area (Å²) in [6, 6.07) is 12.3. The van der Waals surface area contributed by atoms with E-state index in [4.69, 9.17) is 13.9 Å². The first-order valence-electron chi connectivity index (χ1n) is 9.80. The van der Waals surface area contributed by atoms with Crippen molar-refractivity contribution in [1.29, 1.82) is 0 Å². The van der Waals surface area contributed by atoms with Crippen LogP contribution in [0.3, 0.4) is 0 Å². The van der Waals surface area contributed by atoms with Crippen molar-refractivity contribution >= 4 is 28.5 Å². The quantitative estimate of drug-likeness (QED) is 0.719. The van der Waals surface area contributed by atoms with Crippen molar-refractivity contribution in [3.8, 4) is 11.5 Å². The van der Waals surface area contributed by atoms with Crippen molar-refractivity contribution in [2.24, 2.45) is 0 Å². The van der Waals surface area contributed by atoms with Crippen LogP contribution >= 0.6 is 0 Å². The highest BCUT2D eigenvalue weighted by Gasteiger charge is 2.28. The summed E-state index contributed by atoms with van der Waals surface area (Å²) in [4.78, 5) is 30.1. The van der Waals surface area contributed by atoms with Crippen LogP contribution < -0.4 is 14.8 Å². The van der Waals surface area contributed by atoms with Crippen LogP contribution in [0, 0.1) is 0 Å². The fourth-order valence-corrected chi connectivity index (χ4v) is 3.70. The maximum absolute atomic E-state index is 13.2. The Kier molecular flexibility index (Phi) is 4.55. The molecule has 8 nitrogen and oxygen atoms in total. The molecule has 8 heteroatoms. The van der Waals surface area contributed by atoms with E-state index in [0.717, 1.165) is 13.1 Å². The summed E-state index contributed by atoms with van der Waals surface area (Å²) in [6.07, 6.45) is 0. The van der Waals surface area contributed by atoms with E-state index in [1.165, 1.54) is 0 Å². The molecular formula is C22H21N3O5. The Bertz CT molecular complexity index is 1130. The fourth-order valence-electron chi connectivity index (χ4n) is 3.70. The molecule has 5 rings (SSSR count). The van der Waals surface area contributed by atoms with E-state index in [9.17, 15) is 9.59 Å². The predicted molar refractivity (Wildman–Crippen MR) is 110 cm³/mol. The van der Waals surface area contributed by atoms with Crippen LogP contribution in [0.5, 0.6) is 11.5 Å². The maximum atomic E-state index is 13.2. The number of benzene rings is 2. The van der Waals surface area contributed by atoms with Gasteiger partial charge in [-0.25, -0.2) is 0 Å². The smallest absolute Gasteiger partial charge is 0.291 e. The van der Waals surface area contributed by atoms with Gasteiger partial charge in [0.15, 0.2) is 11.5 Å². The molecule has 2 aromatic carbocycles. The number of hydrogen-bond acceptors (Lipinski definition) is 6. The Balaban J connectivity index is 1.48. The normalized spacial score (nSPS) is 16.1. The molecule has 0 radical (unpaired) electrons. The van der Waals surface area contributed by atoms with Gasteiger partial charge in [0, 0.05) is 37.1 Å². The highest BCUT2D eigenvalue weighted by molar-refractivity contribution is 6.14. The second-order valence-corrected chi connectivity index (χ2v) is 7.42. The van der Waals surface area contributed by atoms with Gasteiger partial charge in [0.1, 0.15) is 11.3 Å². The lowest BCUT2D eigenvalue weighted by molar-refractivity contribution is 0.0636. The molecule has 3 aromatic rings. The third kappa shape index (κ3) is 3.25. The van der Waals surface area contributed by atoms with Crippen molar-refractivity contribution in [3.63, 3.8) is 0 Å². The van der Waals surface area contributed by atoms with Crippen molar-refractivity contribution in [3.05, 3.63) is 53.8 Å². The van der Waals surface area contributed by atoms with Gasteiger partial charge in [-0.2, -0.15) is 0 Å². The molecule has 1 aromatic heterocycles. The van der Waals surface area contributed by atoms with E-state index in [1.54, 1.807) is 29.2 Å². The third-order valence-electron chi connectivity index (χ3n) is 5.45. The lowest BCUT2D eigenvalue weighted by Gasteiger charge is -2.32. The number of amides is 2. The first-order chi connectivity index (χ1) is 14.6. The summed E-state index contributed by atoms with van der Waals surface area (Å²) in [5.41, 5.74) is 1.34. The number of hydrogen-bond donors (Lipinski definition) is 1. The molecule has 0 saturated carbocycles. The number of carbonyl (C=O) groups excluding carboxylic acids is 2. The number of ether oxygens (including phenoxy) is 2. The first-order valence-corrected chi connectivity index (χ1v) is 9.80. The van der Waals surface area contributed by atoms with E-state index in [-0.39, 0.29) is 24.4 Å². The van der Waals surface area contributed by atoms with Gasteiger partial charge in [-0.15, -0.1) is 0 Å². The number of anilines is 1. The van der Waals surface area contributed by atoms with Gasteiger partial charge < -0.3 is 29.0 Å². The molecule has 0 spiro atoms. The highest BCUT2D eigenvalue weighted by Crippen LogP contribution is 2.35. The maximum Gasteiger partial charge on any atom is 0.291 e. The van der Waals surface area contributed by atoms with E-state index in [1.807, 2.05) is 25.2 Å². The Morgan fingerprint density at radius 2 is 1.73 bits per heavy atom. The Morgan fingerprint density at radius 1 is 0.967 bits per heavy atom. The fraction of sp³-hybridized carbons (Fsp3) is 0.273. The zero-order valence-corrected chi connectivity index (χ0v) is 16.5. The Labute approximate surface area is 172 Å². The van der Waals surface area contributed by atoms with Gasteiger partial charge in [0.2, 0.25) is 12.6 Å². The topological polar surface area (TPSA) is 84.2 Å². The van der Waals surface area contributed by atoms with Gasteiger partial charge in [0.25, 0.3) is 11.8 Å². The zero-order chi connectivity index (χ0) is 20.7. The van der Waals surface area contributed by atoms with E-state index in [2.05, 4.69) is 10.2 Å². The second-order valence-electron chi connectivity index (χ2n) is 7.42. The summed E-state index contributed by atoms with van der Waals surface area (Å²) >= 11 is 0. The number of nitrogens with one attached hydrogen (secondary N) is 1. The molecule has 1 saturated heterocycles. The first kappa shape index (κ1) is 18.5. The average molecular weight is 407 g/mol. The standard InChI is InChI=1S/C22H21N3O5/c1-24-8-10-25(11-9-24)22(27)20-19(15-4-2-3-5-16(15)30-20)23-21(26)14-6-7-17-18(12-14)29-13-28-17/h2-7,12H,8-11,13H2,1H3,(H,23,26). The van der Waals surface area contributed by atoms with Crippen LogP contribution in [-0.2, 0) is 0 Å². The van der Waals surface area contributed by atoms with Crippen LogP contribution in [0.25, 0.3) is 11.0 Å². The number of nitrogens with zero attached hydrogens (tertiary/aromatic N) is 2. The lowest BCUT2D eigenvalue weighted by atomic mass is 10.1. The molecular weight excluding hydrogens is 386 g/mol. The van der Waals surface area contributed by atoms with Crippen molar-refractivity contribution in [2.45, 2.75) is 0 Å². The lowest BCUT2D eigenvalue weighted by Crippen LogP contribution is -2.47. The monoisotopic (exact) mass is 407 g/mol. The summed E-state index contributed by atoms with van der Waals surface area (Å²) < 4.78 is 16.5. The summed E-state index contributed by atoms with van der Waals surface area (Å²) in [5, 5.41) is 3.57. The SMILES string of the molecule is CN1CCN(C(=O)c2oc3ccccc3c2NC(=O)c2ccc3c(c2)OCO3)CC1. The third-order valence-corrected chi connectivity index (χ3v) is 5.45. The van der Waals surface area contributed by atoms with Crippen molar-refractivity contribution in [1.82, 2.24) is 9.80 Å². The van der Waals surface area contributed by atoms with Crippen LogP contribution in [0.4, 0.5) is 5.69 Å². The van der Waals surface area contributed by atoms with E-state index >= 15 is 0 Å². The Hall–Kier alpha value is -3.52. The Morgan fingerprint density at radius 3 is 2.57 bits per heavy atom. The van der Waals surface area contributed by atoms with Crippen molar-refractivity contribution in [2.75, 3.05) is 45.3 Å². The van der Waals surface area contributed by atoms with Gasteiger partial charge >= 0.3 is 0 Å². The van der Waals surface area contributed by atoms with Gasteiger partial charge in [-0.3, -0.25) is 9.59 Å². The van der Waals surface area contributed by atoms with Crippen LogP contribution in [0.1, 0.15) is 20.9 Å². The predicted octanol–water partition coefficient (Wildman–Crippen LogP) is 2.80. The number of piperazine rings is 1. The summed E-state index contributed by atoms with van der Waals surface area (Å²) in [7, 11) is 2.03.